The van der Waals surface area contributed by atoms with Gasteiger partial charge in [-0.3, -0.25) is 14.9 Å². The molecule has 0 aliphatic heterocycles. The molecule has 25 heavy (non-hydrogen) atoms. The molecular formula is C15H20N2O7S. The Morgan fingerprint density at radius 1 is 1.20 bits per heavy atom. The number of amides is 1. The van der Waals surface area contributed by atoms with Gasteiger partial charge in [0.2, 0.25) is 0 Å². The fourth-order valence-electron chi connectivity index (χ4n) is 1.75. The van der Waals surface area contributed by atoms with Crippen molar-refractivity contribution in [2.75, 3.05) is 18.1 Å². The average molecular weight is 372 g/mol. The van der Waals surface area contributed by atoms with Crippen LogP contribution < -0.4 is 5.32 Å². The lowest BCUT2D eigenvalue weighted by Crippen LogP contribution is -2.35. The van der Waals surface area contributed by atoms with Crippen molar-refractivity contribution in [1.29, 1.82) is 0 Å². The minimum absolute atomic E-state index is 0.0641. The third-order valence-electron chi connectivity index (χ3n) is 2.83. The van der Waals surface area contributed by atoms with Crippen LogP contribution in [0.5, 0.6) is 0 Å². The van der Waals surface area contributed by atoms with Gasteiger partial charge in [0, 0.05) is 24.2 Å². The maximum Gasteiger partial charge on any atom is 0.407 e. The highest BCUT2D eigenvalue weighted by Gasteiger charge is 2.20. The molecule has 138 valence electrons. The number of Topliss-reactive ketones (excluding diaryl/α,β-unsaturated/α-hetero) is 1. The predicted molar refractivity (Wildman–Crippen MR) is 90.3 cm³/mol. The number of hydrogen-bond donors (Lipinski definition) is 1. The number of benzene rings is 1. The van der Waals surface area contributed by atoms with Crippen molar-refractivity contribution in [3.05, 3.63) is 39.9 Å². The van der Waals surface area contributed by atoms with Gasteiger partial charge in [-0.1, -0.05) is 0 Å². The summed E-state index contributed by atoms with van der Waals surface area (Å²) in [5.41, 5.74) is -0.829. The summed E-state index contributed by atoms with van der Waals surface area (Å²) >= 11 is 0. The molecule has 0 saturated heterocycles. The van der Waals surface area contributed by atoms with E-state index in [1.54, 1.807) is 20.8 Å². The largest absolute Gasteiger partial charge is 0.444 e. The van der Waals surface area contributed by atoms with Crippen LogP contribution in [0, 0.1) is 10.1 Å². The molecule has 0 unspecified atom stereocenters. The summed E-state index contributed by atoms with van der Waals surface area (Å²) in [5, 5.41) is 12.9. The molecule has 0 spiro atoms. The van der Waals surface area contributed by atoms with Crippen LogP contribution in [0.1, 0.15) is 31.1 Å². The summed E-state index contributed by atoms with van der Waals surface area (Å²) in [7, 11) is -3.75. The van der Waals surface area contributed by atoms with Gasteiger partial charge < -0.3 is 10.1 Å². The molecule has 1 amide bonds. The van der Waals surface area contributed by atoms with Gasteiger partial charge in [-0.25, -0.2) is 13.2 Å². The van der Waals surface area contributed by atoms with E-state index in [4.69, 9.17) is 4.74 Å². The number of rotatable bonds is 7. The fourth-order valence-corrected chi connectivity index (χ4v) is 2.87. The number of carbonyl (C=O) groups is 2. The molecule has 1 aromatic carbocycles. The minimum atomic E-state index is -3.75. The van der Waals surface area contributed by atoms with E-state index in [0.29, 0.717) is 0 Å². The van der Waals surface area contributed by atoms with Crippen molar-refractivity contribution >= 4 is 27.4 Å². The van der Waals surface area contributed by atoms with Crippen LogP contribution in [0.2, 0.25) is 0 Å². The van der Waals surface area contributed by atoms with E-state index in [9.17, 15) is 28.1 Å². The number of sulfone groups is 1. The summed E-state index contributed by atoms with van der Waals surface area (Å²) in [5.74, 6) is -1.85. The standard InChI is InChI=1S/C15H20N2O7S/c1-15(2,3)24-14(19)16-8-9-25(22,23)10-13(18)11-4-6-12(7-5-11)17(20)21/h4-7H,8-10H2,1-3H3,(H,16,19). The molecule has 9 nitrogen and oxygen atoms in total. The number of hydrogen-bond acceptors (Lipinski definition) is 7. The van der Waals surface area contributed by atoms with Gasteiger partial charge in [0.25, 0.3) is 5.69 Å². The van der Waals surface area contributed by atoms with E-state index >= 15 is 0 Å². The lowest BCUT2D eigenvalue weighted by atomic mass is 10.1. The van der Waals surface area contributed by atoms with Crippen molar-refractivity contribution in [2.24, 2.45) is 0 Å². The van der Waals surface area contributed by atoms with Crippen LogP contribution in [0.4, 0.5) is 10.5 Å². The zero-order chi connectivity index (χ0) is 19.3. The monoisotopic (exact) mass is 372 g/mol. The second kappa shape index (κ2) is 8.06. The van der Waals surface area contributed by atoms with Gasteiger partial charge in [-0.2, -0.15) is 0 Å². The smallest absolute Gasteiger partial charge is 0.407 e. The lowest BCUT2D eigenvalue weighted by molar-refractivity contribution is -0.384. The molecule has 1 rings (SSSR count). The summed E-state index contributed by atoms with van der Waals surface area (Å²) in [6.45, 7) is 4.83. The Balaban J connectivity index is 2.55. The van der Waals surface area contributed by atoms with E-state index in [-0.39, 0.29) is 17.8 Å². The van der Waals surface area contributed by atoms with Crippen LogP contribution in [-0.4, -0.2) is 48.9 Å². The Kier molecular flexibility index (Phi) is 6.63. The predicted octanol–water partition coefficient (Wildman–Crippen LogP) is 1.72. The number of ether oxygens (including phenoxy) is 1. The molecule has 10 heteroatoms. The minimum Gasteiger partial charge on any atom is -0.444 e. The Hall–Kier alpha value is -2.49. The van der Waals surface area contributed by atoms with Crippen molar-refractivity contribution in [1.82, 2.24) is 5.32 Å². The molecule has 0 aromatic heterocycles. The fraction of sp³-hybridized carbons (Fsp3) is 0.467. The first-order valence-electron chi connectivity index (χ1n) is 7.34. The highest BCUT2D eigenvalue weighted by atomic mass is 32.2. The summed E-state index contributed by atoms with van der Waals surface area (Å²) in [6, 6.07) is 4.66. The highest BCUT2D eigenvalue weighted by Crippen LogP contribution is 2.13. The first-order chi connectivity index (χ1) is 11.4. The highest BCUT2D eigenvalue weighted by molar-refractivity contribution is 7.92. The van der Waals surface area contributed by atoms with Crippen LogP contribution in [0.3, 0.4) is 0 Å². The van der Waals surface area contributed by atoms with Crippen LogP contribution in [0.25, 0.3) is 0 Å². The van der Waals surface area contributed by atoms with E-state index in [0.717, 1.165) is 12.1 Å². The number of nitrogens with zero attached hydrogens (tertiary/aromatic N) is 1. The van der Waals surface area contributed by atoms with E-state index in [1.807, 2.05) is 0 Å². The number of non-ortho nitro benzene ring substituents is 1. The second-order valence-corrected chi connectivity index (χ2v) is 8.43. The number of nitro groups is 1. The van der Waals surface area contributed by atoms with Crippen molar-refractivity contribution in [3.8, 4) is 0 Å². The van der Waals surface area contributed by atoms with Gasteiger partial charge in [-0.05, 0) is 32.9 Å². The number of nitrogens with one attached hydrogen (secondary N) is 1. The zero-order valence-electron chi connectivity index (χ0n) is 14.1. The molecule has 0 aliphatic carbocycles. The average Bonchev–Trinajstić information content (AvgIpc) is 2.44. The first kappa shape index (κ1) is 20.6. The maximum atomic E-state index is 12.0. The van der Waals surface area contributed by atoms with Crippen molar-refractivity contribution in [3.63, 3.8) is 0 Å². The third-order valence-corrected chi connectivity index (χ3v) is 4.36. The Morgan fingerprint density at radius 2 is 1.76 bits per heavy atom. The number of carbonyl (C=O) groups excluding carboxylic acids is 2. The van der Waals surface area contributed by atoms with Crippen LogP contribution >= 0.6 is 0 Å². The Morgan fingerprint density at radius 3 is 2.24 bits per heavy atom. The Bertz CT molecular complexity index is 749. The normalized spacial score (nSPS) is 11.6. The molecule has 1 aromatic rings. The van der Waals surface area contributed by atoms with Gasteiger partial charge in [0.1, 0.15) is 11.4 Å². The topological polar surface area (TPSA) is 133 Å². The zero-order valence-corrected chi connectivity index (χ0v) is 15.0. The van der Waals surface area contributed by atoms with Crippen molar-refractivity contribution < 1.29 is 27.7 Å². The Labute approximate surface area is 145 Å². The van der Waals surface area contributed by atoms with Crippen molar-refractivity contribution in [2.45, 2.75) is 26.4 Å². The van der Waals surface area contributed by atoms with Crippen LogP contribution in [0.15, 0.2) is 24.3 Å². The summed E-state index contributed by atoms with van der Waals surface area (Å²) in [4.78, 5) is 33.3. The van der Waals surface area contributed by atoms with Crippen LogP contribution in [-0.2, 0) is 14.6 Å². The number of nitro benzene ring substituents is 1. The third kappa shape index (κ3) is 7.75. The van der Waals surface area contributed by atoms with Gasteiger partial charge in [0.15, 0.2) is 15.6 Å². The van der Waals surface area contributed by atoms with E-state index in [1.165, 1.54) is 12.1 Å². The maximum absolute atomic E-state index is 12.0. The molecule has 0 aliphatic rings. The summed E-state index contributed by atoms with van der Waals surface area (Å²) < 4.78 is 28.8. The van der Waals surface area contributed by atoms with Gasteiger partial charge in [0.05, 0.1) is 10.7 Å². The van der Waals surface area contributed by atoms with Gasteiger partial charge in [-0.15, -0.1) is 0 Å². The molecule has 0 atom stereocenters. The molecule has 0 bridgehead atoms. The van der Waals surface area contributed by atoms with Gasteiger partial charge >= 0.3 is 6.09 Å². The SMILES string of the molecule is CC(C)(C)OC(=O)NCCS(=O)(=O)CC(=O)c1ccc([N+](=O)[O-])cc1. The lowest BCUT2D eigenvalue weighted by Gasteiger charge is -2.19. The number of alkyl carbamates (subject to hydrolysis) is 1. The number of ketones is 1. The summed E-state index contributed by atoms with van der Waals surface area (Å²) in [6.07, 6.45) is -0.746. The molecule has 0 fully saturated rings. The molecule has 0 saturated carbocycles. The molecule has 1 N–H and O–H groups in total. The molecular weight excluding hydrogens is 352 g/mol. The van der Waals surface area contributed by atoms with E-state index < -0.39 is 43.7 Å². The molecule has 0 heterocycles. The molecule has 0 radical (unpaired) electrons. The quantitative estimate of drug-likeness (QED) is 0.437. The first-order valence-corrected chi connectivity index (χ1v) is 9.17. The second-order valence-electron chi connectivity index (χ2n) is 6.25. The van der Waals surface area contributed by atoms with E-state index in [2.05, 4.69) is 5.32 Å².